The topological polar surface area (TPSA) is 72.9 Å². The number of carbonyl (C=O) groups excluding carboxylic acids is 1. The van der Waals surface area contributed by atoms with Crippen molar-refractivity contribution in [2.75, 3.05) is 58.6 Å². The summed E-state index contributed by atoms with van der Waals surface area (Å²) >= 11 is 1.48. The highest BCUT2D eigenvalue weighted by atomic mass is 32.1. The lowest BCUT2D eigenvalue weighted by molar-refractivity contribution is -0.121. The van der Waals surface area contributed by atoms with Crippen LogP contribution in [0.2, 0.25) is 0 Å². The van der Waals surface area contributed by atoms with Crippen LogP contribution in [0.4, 0.5) is 5.13 Å². The number of thiazole rings is 1. The number of hydrogen-bond donors (Lipinski definition) is 1. The van der Waals surface area contributed by atoms with Gasteiger partial charge >= 0.3 is 0 Å². The predicted molar refractivity (Wildman–Crippen MR) is 97.0 cm³/mol. The van der Waals surface area contributed by atoms with E-state index in [1.807, 2.05) is 6.07 Å². The highest BCUT2D eigenvalue weighted by molar-refractivity contribution is 7.22. The molecule has 0 aliphatic carbocycles. The maximum atomic E-state index is 11.9. The molecule has 1 amide bonds. The summed E-state index contributed by atoms with van der Waals surface area (Å²) in [5.74, 6) is -0.205. The van der Waals surface area contributed by atoms with E-state index in [9.17, 15) is 4.79 Å². The Hall–Kier alpha value is -1.58. The smallest absolute Gasteiger partial charge is 0.252 e. The summed E-state index contributed by atoms with van der Waals surface area (Å²) in [7, 11) is 1.60. The lowest BCUT2D eigenvalue weighted by Crippen LogP contribution is -2.35. The molecule has 0 unspecified atom stereocenters. The Kier molecular flexibility index (Phi) is 6.71. The molecule has 8 heteroatoms. The van der Waals surface area contributed by atoms with E-state index < -0.39 is 0 Å². The second-order valence-corrected chi connectivity index (χ2v) is 6.83. The van der Waals surface area contributed by atoms with E-state index >= 15 is 0 Å². The fraction of sp³-hybridized carbons (Fsp3) is 0.529. The number of nitrogens with zero attached hydrogens (tertiary/aromatic N) is 2. The molecule has 1 aliphatic heterocycles. The first kappa shape index (κ1) is 18.2. The van der Waals surface area contributed by atoms with Crippen LogP contribution in [0.25, 0.3) is 10.2 Å². The van der Waals surface area contributed by atoms with Crippen molar-refractivity contribution in [1.82, 2.24) is 9.88 Å². The van der Waals surface area contributed by atoms with Gasteiger partial charge < -0.3 is 14.2 Å². The van der Waals surface area contributed by atoms with Crippen molar-refractivity contribution in [3.05, 3.63) is 23.8 Å². The van der Waals surface area contributed by atoms with Crippen LogP contribution in [0.15, 0.2) is 18.2 Å². The Morgan fingerprint density at radius 3 is 3.00 bits per heavy atom. The van der Waals surface area contributed by atoms with Gasteiger partial charge in [0.25, 0.3) is 5.91 Å². The molecular formula is C17H23N3O4S. The lowest BCUT2D eigenvalue weighted by atomic mass is 10.2. The number of aromatic nitrogens is 1. The fourth-order valence-electron chi connectivity index (χ4n) is 2.60. The van der Waals surface area contributed by atoms with Gasteiger partial charge in [-0.25, -0.2) is 4.98 Å². The lowest BCUT2D eigenvalue weighted by Gasteiger charge is -2.26. The summed E-state index contributed by atoms with van der Waals surface area (Å²) in [6.07, 6.45) is 0. The molecule has 0 spiro atoms. The van der Waals surface area contributed by atoms with Crippen molar-refractivity contribution < 1.29 is 19.0 Å². The number of methoxy groups -OCH3 is 1. The van der Waals surface area contributed by atoms with E-state index in [0.29, 0.717) is 18.3 Å². The summed E-state index contributed by atoms with van der Waals surface area (Å²) in [6.45, 7) is 5.30. The van der Waals surface area contributed by atoms with Gasteiger partial charge in [-0.1, -0.05) is 17.4 Å². The number of ether oxygens (including phenoxy) is 3. The average molecular weight is 365 g/mol. The van der Waals surface area contributed by atoms with E-state index in [1.54, 1.807) is 7.11 Å². The van der Waals surface area contributed by atoms with E-state index in [0.717, 1.165) is 43.1 Å². The van der Waals surface area contributed by atoms with Gasteiger partial charge in [0.15, 0.2) is 5.13 Å². The summed E-state index contributed by atoms with van der Waals surface area (Å²) < 4.78 is 16.5. The summed E-state index contributed by atoms with van der Waals surface area (Å²) in [6, 6.07) is 6.25. The zero-order chi connectivity index (χ0) is 17.5. The molecular weight excluding hydrogens is 342 g/mol. The van der Waals surface area contributed by atoms with Gasteiger partial charge in [0.2, 0.25) is 0 Å². The molecule has 1 fully saturated rings. The fourth-order valence-corrected chi connectivity index (χ4v) is 3.55. The van der Waals surface area contributed by atoms with Gasteiger partial charge in [0.1, 0.15) is 6.61 Å². The molecule has 3 rings (SSSR count). The van der Waals surface area contributed by atoms with Crippen LogP contribution in [0.5, 0.6) is 0 Å². The Morgan fingerprint density at radius 2 is 2.20 bits per heavy atom. The third kappa shape index (κ3) is 5.45. The van der Waals surface area contributed by atoms with Crippen molar-refractivity contribution in [3.8, 4) is 0 Å². The first-order valence-corrected chi connectivity index (χ1v) is 9.12. The Labute approximate surface area is 150 Å². The Bertz CT molecular complexity index is 700. The summed E-state index contributed by atoms with van der Waals surface area (Å²) in [4.78, 5) is 18.7. The molecule has 1 aromatic heterocycles. The van der Waals surface area contributed by atoms with Crippen molar-refractivity contribution >= 4 is 32.6 Å². The number of hydrogen-bond acceptors (Lipinski definition) is 7. The normalized spacial score (nSPS) is 15.6. The zero-order valence-corrected chi connectivity index (χ0v) is 15.1. The van der Waals surface area contributed by atoms with E-state index in [1.165, 1.54) is 16.9 Å². The molecule has 0 saturated carbocycles. The number of fused-ring (bicyclic) bond motifs is 1. The van der Waals surface area contributed by atoms with Crippen LogP contribution in [-0.4, -0.2) is 69.0 Å². The minimum Gasteiger partial charge on any atom is -0.382 e. The average Bonchev–Trinajstić information content (AvgIpc) is 3.01. The minimum absolute atomic E-state index is 0.00155. The SMILES string of the molecule is COCCOCC(=O)Nc1nc2ccc(CN3CCOCC3)cc2s1. The van der Waals surface area contributed by atoms with Crippen LogP contribution < -0.4 is 5.32 Å². The van der Waals surface area contributed by atoms with Crippen molar-refractivity contribution in [2.24, 2.45) is 0 Å². The van der Waals surface area contributed by atoms with Crippen LogP contribution in [-0.2, 0) is 25.5 Å². The van der Waals surface area contributed by atoms with E-state index in [-0.39, 0.29) is 12.5 Å². The number of amides is 1. The van der Waals surface area contributed by atoms with Gasteiger partial charge in [-0.3, -0.25) is 15.0 Å². The molecule has 2 heterocycles. The molecule has 0 atom stereocenters. The minimum atomic E-state index is -0.205. The van der Waals surface area contributed by atoms with Crippen molar-refractivity contribution in [2.45, 2.75) is 6.54 Å². The van der Waals surface area contributed by atoms with Gasteiger partial charge in [-0.05, 0) is 17.7 Å². The van der Waals surface area contributed by atoms with Gasteiger partial charge in [-0.2, -0.15) is 0 Å². The van der Waals surface area contributed by atoms with Crippen LogP contribution >= 0.6 is 11.3 Å². The first-order chi connectivity index (χ1) is 12.2. The summed E-state index contributed by atoms with van der Waals surface area (Å²) in [5, 5.41) is 3.38. The standard InChI is InChI=1S/C17H23N3O4S/c1-22-8-9-24-12-16(21)19-17-18-14-3-2-13(10-15(14)25-17)11-20-4-6-23-7-5-20/h2-3,10H,4-9,11-12H2,1H3,(H,18,19,21). The summed E-state index contributed by atoms with van der Waals surface area (Å²) in [5.41, 5.74) is 2.14. The quantitative estimate of drug-likeness (QED) is 0.719. The third-order valence-electron chi connectivity index (χ3n) is 3.87. The van der Waals surface area contributed by atoms with E-state index in [4.69, 9.17) is 14.2 Å². The van der Waals surface area contributed by atoms with Crippen molar-refractivity contribution in [1.29, 1.82) is 0 Å². The molecule has 0 radical (unpaired) electrons. The Balaban J connectivity index is 1.57. The second kappa shape index (κ2) is 9.21. The maximum Gasteiger partial charge on any atom is 0.252 e. The molecule has 0 bridgehead atoms. The molecule has 1 saturated heterocycles. The molecule has 136 valence electrons. The van der Waals surface area contributed by atoms with Crippen LogP contribution in [0.1, 0.15) is 5.56 Å². The number of rotatable bonds is 8. The van der Waals surface area contributed by atoms with Gasteiger partial charge in [-0.15, -0.1) is 0 Å². The largest absolute Gasteiger partial charge is 0.382 e. The number of carbonyl (C=O) groups is 1. The number of morpholine rings is 1. The molecule has 2 aromatic rings. The number of anilines is 1. The Morgan fingerprint density at radius 1 is 1.36 bits per heavy atom. The molecule has 1 aliphatic rings. The van der Waals surface area contributed by atoms with Gasteiger partial charge in [0, 0.05) is 26.7 Å². The highest BCUT2D eigenvalue weighted by Gasteiger charge is 2.12. The maximum absolute atomic E-state index is 11.9. The second-order valence-electron chi connectivity index (χ2n) is 5.80. The predicted octanol–water partition coefficient (Wildman–Crippen LogP) is 1.73. The van der Waals surface area contributed by atoms with Crippen LogP contribution in [0.3, 0.4) is 0 Å². The van der Waals surface area contributed by atoms with Crippen molar-refractivity contribution in [3.63, 3.8) is 0 Å². The van der Waals surface area contributed by atoms with Crippen LogP contribution in [0, 0.1) is 0 Å². The molecule has 1 aromatic carbocycles. The van der Waals surface area contributed by atoms with E-state index in [2.05, 4.69) is 27.3 Å². The first-order valence-electron chi connectivity index (χ1n) is 8.31. The number of nitrogens with one attached hydrogen (secondary N) is 1. The molecule has 7 nitrogen and oxygen atoms in total. The zero-order valence-electron chi connectivity index (χ0n) is 14.3. The third-order valence-corrected chi connectivity index (χ3v) is 4.81. The highest BCUT2D eigenvalue weighted by Crippen LogP contribution is 2.27. The monoisotopic (exact) mass is 365 g/mol. The number of benzene rings is 1. The molecule has 1 N–H and O–H groups in total. The van der Waals surface area contributed by atoms with Gasteiger partial charge in [0.05, 0.1) is 36.6 Å². The molecule has 25 heavy (non-hydrogen) atoms.